The quantitative estimate of drug-likeness (QED) is 0.637. The fourth-order valence-electron chi connectivity index (χ4n) is 4.08. The zero-order valence-corrected chi connectivity index (χ0v) is 18.5. The van der Waals surface area contributed by atoms with Crippen LogP contribution < -0.4 is 20.9 Å². The average Bonchev–Trinajstić information content (AvgIpc) is 3.68. The SMILES string of the molecule is CSC1=CNC(CNC(=O)C2C=CC3=C(N2)OCCN3c2cccc(C3CC3)c2)C=C1. The molecule has 3 heterocycles. The highest BCUT2D eigenvalue weighted by molar-refractivity contribution is 8.02. The van der Waals surface area contributed by atoms with Gasteiger partial charge < -0.3 is 25.6 Å². The van der Waals surface area contributed by atoms with Crippen molar-refractivity contribution in [3.63, 3.8) is 0 Å². The summed E-state index contributed by atoms with van der Waals surface area (Å²) in [5.74, 6) is 1.34. The Bertz CT molecular complexity index is 980. The Hall–Kier alpha value is -2.80. The maximum Gasteiger partial charge on any atom is 0.246 e. The Balaban J connectivity index is 1.21. The van der Waals surface area contributed by atoms with Crippen LogP contribution in [0.4, 0.5) is 5.69 Å². The Morgan fingerprint density at radius 3 is 2.97 bits per heavy atom. The number of nitrogens with one attached hydrogen (secondary N) is 3. The van der Waals surface area contributed by atoms with Gasteiger partial charge >= 0.3 is 0 Å². The molecule has 7 heteroatoms. The minimum absolute atomic E-state index is 0.0610. The van der Waals surface area contributed by atoms with E-state index in [0.717, 1.165) is 18.2 Å². The smallest absolute Gasteiger partial charge is 0.246 e. The molecule has 0 bridgehead atoms. The van der Waals surface area contributed by atoms with Crippen molar-refractivity contribution in [2.24, 2.45) is 0 Å². The molecule has 1 aliphatic carbocycles. The molecular weight excluding hydrogens is 408 g/mol. The zero-order valence-electron chi connectivity index (χ0n) is 17.6. The third kappa shape index (κ3) is 4.46. The number of nitrogens with zero attached hydrogens (tertiary/aromatic N) is 1. The second kappa shape index (κ2) is 8.75. The van der Waals surface area contributed by atoms with Gasteiger partial charge in [0.2, 0.25) is 11.8 Å². The van der Waals surface area contributed by atoms with Crippen LogP contribution in [0.2, 0.25) is 0 Å². The molecule has 1 aromatic rings. The largest absolute Gasteiger partial charge is 0.476 e. The number of hydrogen-bond donors (Lipinski definition) is 3. The number of thioether (sulfide) groups is 1. The highest BCUT2D eigenvalue weighted by Crippen LogP contribution is 2.41. The van der Waals surface area contributed by atoms with Crippen LogP contribution in [-0.4, -0.2) is 43.9 Å². The summed E-state index contributed by atoms with van der Waals surface area (Å²) in [5, 5.41) is 9.60. The lowest BCUT2D eigenvalue weighted by atomic mass is 10.1. The molecule has 4 aliphatic rings. The van der Waals surface area contributed by atoms with Crippen LogP contribution >= 0.6 is 11.8 Å². The molecule has 2 atom stereocenters. The minimum Gasteiger partial charge on any atom is -0.476 e. The normalized spacial score (nSPS) is 24.5. The third-order valence-electron chi connectivity index (χ3n) is 6.00. The number of hydrogen-bond acceptors (Lipinski definition) is 6. The summed E-state index contributed by atoms with van der Waals surface area (Å²) >= 11 is 1.69. The second-order valence-corrected chi connectivity index (χ2v) is 9.07. The molecule has 31 heavy (non-hydrogen) atoms. The fourth-order valence-corrected chi connectivity index (χ4v) is 4.48. The van der Waals surface area contributed by atoms with E-state index in [2.05, 4.69) is 57.3 Å². The molecule has 0 radical (unpaired) electrons. The van der Waals surface area contributed by atoms with Gasteiger partial charge in [-0.05, 0) is 54.9 Å². The van der Waals surface area contributed by atoms with Crippen LogP contribution in [-0.2, 0) is 9.53 Å². The number of carbonyl (C=O) groups excluding carboxylic acids is 1. The van der Waals surface area contributed by atoms with E-state index in [1.54, 1.807) is 11.8 Å². The van der Waals surface area contributed by atoms with E-state index < -0.39 is 6.04 Å². The van der Waals surface area contributed by atoms with E-state index in [4.69, 9.17) is 4.74 Å². The first kappa shape index (κ1) is 20.1. The molecule has 5 rings (SSSR count). The maximum atomic E-state index is 12.7. The molecule has 3 N–H and O–H groups in total. The number of benzene rings is 1. The van der Waals surface area contributed by atoms with Crippen molar-refractivity contribution < 1.29 is 9.53 Å². The van der Waals surface area contributed by atoms with Gasteiger partial charge in [-0.3, -0.25) is 4.79 Å². The molecule has 0 aromatic heterocycles. The molecule has 1 fully saturated rings. The highest BCUT2D eigenvalue weighted by atomic mass is 32.2. The first-order valence-corrected chi connectivity index (χ1v) is 12.1. The Kier molecular flexibility index (Phi) is 5.68. The van der Waals surface area contributed by atoms with E-state index >= 15 is 0 Å². The summed E-state index contributed by atoms with van der Waals surface area (Å²) in [6.45, 7) is 1.91. The van der Waals surface area contributed by atoms with Crippen molar-refractivity contribution in [1.82, 2.24) is 16.0 Å². The first-order chi connectivity index (χ1) is 15.2. The molecule has 162 valence electrons. The van der Waals surface area contributed by atoms with Gasteiger partial charge in [0.25, 0.3) is 0 Å². The van der Waals surface area contributed by atoms with E-state index in [0.29, 0.717) is 19.0 Å². The number of dihydropyridines is 2. The summed E-state index contributed by atoms with van der Waals surface area (Å²) in [6.07, 6.45) is 14.7. The van der Waals surface area contributed by atoms with E-state index in [9.17, 15) is 4.79 Å². The van der Waals surface area contributed by atoms with Crippen molar-refractivity contribution in [3.8, 4) is 0 Å². The molecule has 3 aliphatic heterocycles. The van der Waals surface area contributed by atoms with E-state index in [1.165, 1.54) is 29.0 Å². The molecule has 1 amide bonds. The predicted octanol–water partition coefficient (Wildman–Crippen LogP) is 2.95. The lowest BCUT2D eigenvalue weighted by Gasteiger charge is -2.36. The molecular formula is C24H28N4O2S. The summed E-state index contributed by atoms with van der Waals surface area (Å²) < 4.78 is 5.88. The monoisotopic (exact) mass is 436 g/mol. The minimum atomic E-state index is -0.443. The maximum absolute atomic E-state index is 12.7. The van der Waals surface area contributed by atoms with Crippen molar-refractivity contribution in [3.05, 3.63) is 76.8 Å². The second-order valence-electron chi connectivity index (χ2n) is 8.19. The summed E-state index contributed by atoms with van der Waals surface area (Å²) in [7, 11) is 0. The van der Waals surface area contributed by atoms with Gasteiger partial charge in [-0.2, -0.15) is 0 Å². The Morgan fingerprint density at radius 1 is 1.29 bits per heavy atom. The van der Waals surface area contributed by atoms with Crippen LogP contribution in [0.25, 0.3) is 0 Å². The highest BCUT2D eigenvalue weighted by Gasteiger charge is 2.30. The van der Waals surface area contributed by atoms with E-state index in [-0.39, 0.29) is 11.9 Å². The van der Waals surface area contributed by atoms with Gasteiger partial charge in [-0.1, -0.05) is 24.3 Å². The number of carbonyl (C=O) groups is 1. The van der Waals surface area contributed by atoms with Crippen LogP contribution in [0, 0.1) is 0 Å². The summed E-state index contributed by atoms with van der Waals surface area (Å²) in [4.78, 5) is 16.2. The fraction of sp³-hybridized carbons (Fsp3) is 0.375. The number of anilines is 1. The van der Waals surface area contributed by atoms with Gasteiger partial charge in [0, 0.05) is 23.3 Å². The molecule has 2 unspecified atom stereocenters. The van der Waals surface area contributed by atoms with Crippen molar-refractivity contribution in [1.29, 1.82) is 0 Å². The van der Waals surface area contributed by atoms with Gasteiger partial charge in [-0.15, -0.1) is 11.8 Å². The summed E-state index contributed by atoms with van der Waals surface area (Å²) in [6, 6.07) is 8.46. The van der Waals surface area contributed by atoms with Crippen molar-refractivity contribution >= 4 is 23.4 Å². The zero-order chi connectivity index (χ0) is 21.2. The lowest BCUT2D eigenvalue weighted by molar-refractivity contribution is -0.122. The molecule has 6 nitrogen and oxygen atoms in total. The van der Waals surface area contributed by atoms with Gasteiger partial charge in [0.1, 0.15) is 18.3 Å². The van der Waals surface area contributed by atoms with Gasteiger partial charge in [0.15, 0.2) is 0 Å². The van der Waals surface area contributed by atoms with Crippen LogP contribution in [0.5, 0.6) is 0 Å². The topological polar surface area (TPSA) is 65.6 Å². The van der Waals surface area contributed by atoms with Crippen LogP contribution in [0.3, 0.4) is 0 Å². The standard InChI is InChI=1S/C24H28N4O2S/c1-31-20-8-7-18(25-15-20)14-26-23(29)21-9-10-22-24(27-21)30-12-11-28(22)19-4-2-3-17(13-19)16-5-6-16/h2-4,7-10,13,15-16,18,21,25,27H,5-6,11-12,14H2,1H3,(H,26,29). The van der Waals surface area contributed by atoms with Gasteiger partial charge in [0.05, 0.1) is 12.6 Å². The molecule has 0 saturated heterocycles. The van der Waals surface area contributed by atoms with E-state index in [1.807, 2.05) is 24.6 Å². The molecule has 0 spiro atoms. The van der Waals surface area contributed by atoms with Gasteiger partial charge in [-0.25, -0.2) is 0 Å². The average molecular weight is 437 g/mol. The first-order valence-electron chi connectivity index (χ1n) is 10.9. The Labute approximate surface area is 187 Å². The van der Waals surface area contributed by atoms with Crippen molar-refractivity contribution in [2.45, 2.75) is 30.8 Å². The number of ether oxygens (including phenoxy) is 1. The summed E-state index contributed by atoms with van der Waals surface area (Å²) in [5.41, 5.74) is 3.58. The van der Waals surface area contributed by atoms with Crippen molar-refractivity contribution in [2.75, 3.05) is 30.9 Å². The third-order valence-corrected chi connectivity index (χ3v) is 6.72. The predicted molar refractivity (Wildman–Crippen MR) is 125 cm³/mol. The van der Waals surface area contributed by atoms with Crippen LogP contribution in [0.1, 0.15) is 24.3 Å². The number of allylic oxidation sites excluding steroid dienone is 2. The number of rotatable bonds is 6. The molecule has 1 saturated carbocycles. The molecule has 1 aromatic carbocycles. The lowest BCUT2D eigenvalue weighted by Crippen LogP contribution is -2.50. The number of amides is 1. The Morgan fingerprint density at radius 2 is 2.19 bits per heavy atom. The van der Waals surface area contributed by atoms with Crippen LogP contribution in [0.15, 0.2) is 71.3 Å².